The van der Waals surface area contributed by atoms with Gasteiger partial charge in [-0.15, -0.1) is 0 Å². The van der Waals surface area contributed by atoms with E-state index in [2.05, 4.69) is 21.6 Å². The lowest BCUT2D eigenvalue weighted by Crippen LogP contribution is -2.17. The minimum Gasteiger partial charge on any atom is -0.305 e. The smallest absolute Gasteiger partial charge is 0.257 e. The number of nitrogens with one attached hydrogen (secondary N) is 1. The van der Waals surface area contributed by atoms with E-state index < -0.39 is 0 Å². The summed E-state index contributed by atoms with van der Waals surface area (Å²) in [6, 6.07) is 20.8. The van der Waals surface area contributed by atoms with Crippen LogP contribution in [0, 0.1) is 25.2 Å². The van der Waals surface area contributed by atoms with Crippen LogP contribution < -0.4 is 5.32 Å². The molecule has 0 bridgehead atoms. The van der Waals surface area contributed by atoms with Gasteiger partial charge in [0.15, 0.2) is 5.82 Å². The van der Waals surface area contributed by atoms with Gasteiger partial charge in [0, 0.05) is 23.7 Å². The molecule has 5 aromatic rings. The third-order valence-corrected chi connectivity index (χ3v) is 5.85. The van der Waals surface area contributed by atoms with Gasteiger partial charge in [-0.1, -0.05) is 36.4 Å². The van der Waals surface area contributed by atoms with Gasteiger partial charge in [0.2, 0.25) is 0 Å². The average molecular weight is 448 g/mol. The van der Waals surface area contributed by atoms with Crippen molar-refractivity contribution in [1.82, 2.24) is 24.5 Å². The Morgan fingerprint density at radius 2 is 1.79 bits per heavy atom. The minimum absolute atomic E-state index is 0.273. The first kappa shape index (κ1) is 21.1. The maximum absolute atomic E-state index is 13.6. The van der Waals surface area contributed by atoms with Crippen molar-refractivity contribution in [1.29, 1.82) is 5.26 Å². The van der Waals surface area contributed by atoms with Gasteiger partial charge in [-0.25, -0.2) is 9.67 Å². The number of nitrogens with zero attached hydrogens (tertiary/aromatic N) is 6. The number of hydrogen-bond donors (Lipinski definition) is 1. The van der Waals surface area contributed by atoms with Gasteiger partial charge in [0.05, 0.1) is 34.4 Å². The van der Waals surface area contributed by atoms with E-state index in [1.165, 1.54) is 6.20 Å². The summed E-state index contributed by atoms with van der Waals surface area (Å²) in [5.74, 6) is -0.0388. The molecule has 0 spiro atoms. The van der Waals surface area contributed by atoms with Crippen LogP contribution in [0.5, 0.6) is 0 Å². The van der Waals surface area contributed by atoms with Crippen LogP contribution in [0.1, 0.15) is 27.3 Å². The number of fused-ring (bicyclic) bond motifs is 1. The lowest BCUT2D eigenvalue weighted by atomic mass is 10.0. The number of aromatic nitrogens is 5. The maximum atomic E-state index is 13.6. The lowest BCUT2D eigenvalue weighted by Gasteiger charge is -2.12. The van der Waals surface area contributed by atoms with Crippen molar-refractivity contribution < 1.29 is 4.79 Å². The summed E-state index contributed by atoms with van der Waals surface area (Å²) in [4.78, 5) is 18.4. The standard InChI is InChI=1S/C26H21N7O/c1-16-24(17(2)32(3)31-16)23-13-21(20-11-7-8-12-22(20)29-23)26(34)30-25-18(14-27)15-28-33(25)19-9-5-4-6-10-19/h4-13,15H,1-3H3,(H,30,34). The number of anilines is 1. The van der Waals surface area contributed by atoms with Crippen molar-refractivity contribution in [2.24, 2.45) is 7.05 Å². The SMILES string of the molecule is Cc1nn(C)c(C)c1-c1cc(C(=O)Nc2c(C#N)cnn2-c2ccccc2)c2ccccc2n1. The Morgan fingerprint density at radius 1 is 1.06 bits per heavy atom. The molecule has 1 amide bonds. The summed E-state index contributed by atoms with van der Waals surface area (Å²) in [6.07, 6.45) is 1.45. The molecule has 8 nitrogen and oxygen atoms in total. The number of benzene rings is 2. The van der Waals surface area contributed by atoms with Gasteiger partial charge in [0.1, 0.15) is 11.6 Å². The fraction of sp³-hybridized carbons (Fsp3) is 0.115. The Bertz CT molecular complexity index is 1590. The fourth-order valence-electron chi connectivity index (χ4n) is 4.13. The van der Waals surface area contributed by atoms with Crippen LogP contribution in [-0.2, 0) is 7.05 Å². The summed E-state index contributed by atoms with van der Waals surface area (Å²) >= 11 is 0. The second kappa shape index (κ2) is 8.30. The van der Waals surface area contributed by atoms with Crippen LogP contribution in [0.15, 0.2) is 66.9 Å². The second-order valence-corrected chi connectivity index (χ2v) is 7.96. The van der Waals surface area contributed by atoms with Gasteiger partial charge < -0.3 is 5.32 Å². The van der Waals surface area contributed by atoms with E-state index in [1.54, 1.807) is 15.4 Å². The summed E-state index contributed by atoms with van der Waals surface area (Å²) < 4.78 is 3.36. The highest BCUT2D eigenvalue weighted by molar-refractivity contribution is 6.13. The number of nitriles is 1. The van der Waals surface area contributed by atoms with Crippen molar-refractivity contribution in [3.05, 3.63) is 89.4 Å². The maximum Gasteiger partial charge on any atom is 0.257 e. The van der Waals surface area contributed by atoms with Crippen molar-refractivity contribution >= 4 is 22.6 Å². The van der Waals surface area contributed by atoms with Crippen LogP contribution >= 0.6 is 0 Å². The van der Waals surface area contributed by atoms with Crippen LogP contribution in [0.4, 0.5) is 5.82 Å². The molecule has 0 radical (unpaired) electrons. The first-order chi connectivity index (χ1) is 16.5. The molecular weight excluding hydrogens is 426 g/mol. The van der Waals surface area contributed by atoms with Crippen LogP contribution in [0.2, 0.25) is 0 Å². The highest BCUT2D eigenvalue weighted by atomic mass is 16.1. The van der Waals surface area contributed by atoms with Crippen molar-refractivity contribution in [2.45, 2.75) is 13.8 Å². The molecule has 0 aliphatic carbocycles. The normalized spacial score (nSPS) is 10.9. The number of carbonyl (C=O) groups excluding carboxylic acids is 1. The number of carbonyl (C=O) groups is 1. The van der Waals surface area contributed by atoms with E-state index >= 15 is 0 Å². The molecule has 0 fully saturated rings. The minimum atomic E-state index is -0.353. The number of hydrogen-bond acceptors (Lipinski definition) is 5. The van der Waals surface area contributed by atoms with Gasteiger partial charge in [-0.2, -0.15) is 15.5 Å². The molecule has 0 unspecified atom stereocenters. The lowest BCUT2D eigenvalue weighted by molar-refractivity contribution is 0.102. The first-order valence-electron chi connectivity index (χ1n) is 10.7. The highest BCUT2D eigenvalue weighted by Crippen LogP contribution is 2.30. The Hall–Kier alpha value is -4.77. The van der Waals surface area contributed by atoms with Crippen molar-refractivity contribution in [2.75, 3.05) is 5.32 Å². The van der Waals surface area contributed by atoms with Crippen molar-refractivity contribution in [3.8, 4) is 23.0 Å². The number of amides is 1. The van der Waals surface area contributed by atoms with Crippen LogP contribution in [0.25, 0.3) is 27.8 Å². The topological polar surface area (TPSA) is 101 Å². The van der Waals surface area contributed by atoms with Gasteiger partial charge in [-0.3, -0.25) is 9.48 Å². The second-order valence-electron chi connectivity index (χ2n) is 7.96. The predicted octanol–water partition coefficient (Wildman–Crippen LogP) is 4.56. The fourth-order valence-corrected chi connectivity index (χ4v) is 4.13. The molecule has 1 N–H and O–H groups in total. The predicted molar refractivity (Wildman–Crippen MR) is 130 cm³/mol. The highest BCUT2D eigenvalue weighted by Gasteiger charge is 2.21. The summed E-state index contributed by atoms with van der Waals surface area (Å²) in [7, 11) is 1.88. The van der Waals surface area contributed by atoms with E-state index in [-0.39, 0.29) is 11.5 Å². The number of pyridine rings is 1. The molecule has 0 atom stereocenters. The van der Waals surface area contributed by atoms with E-state index in [4.69, 9.17) is 4.98 Å². The molecule has 0 aliphatic rings. The van der Waals surface area contributed by atoms with E-state index in [0.717, 1.165) is 22.6 Å². The monoisotopic (exact) mass is 447 g/mol. The van der Waals surface area contributed by atoms with Gasteiger partial charge in [0.25, 0.3) is 5.91 Å². The van der Waals surface area contributed by atoms with E-state index in [1.807, 2.05) is 75.5 Å². The molecule has 0 aliphatic heterocycles. The molecule has 166 valence electrons. The molecule has 3 aromatic heterocycles. The average Bonchev–Trinajstić information content (AvgIpc) is 3.37. The number of aryl methyl sites for hydroxylation is 2. The Morgan fingerprint density at radius 3 is 2.50 bits per heavy atom. The first-order valence-corrected chi connectivity index (χ1v) is 10.7. The summed E-state index contributed by atoms with van der Waals surface area (Å²) in [6.45, 7) is 3.90. The molecule has 2 aromatic carbocycles. The van der Waals surface area contributed by atoms with Gasteiger partial charge in [-0.05, 0) is 38.1 Å². The Labute approximate surface area is 196 Å². The van der Waals surface area contributed by atoms with E-state index in [9.17, 15) is 10.1 Å². The molecule has 0 saturated heterocycles. The summed E-state index contributed by atoms with van der Waals surface area (Å²) in [5, 5.41) is 22.1. The van der Waals surface area contributed by atoms with Crippen LogP contribution in [-0.4, -0.2) is 30.5 Å². The summed E-state index contributed by atoms with van der Waals surface area (Å²) in [5.41, 5.74) is 5.52. The quantitative estimate of drug-likeness (QED) is 0.435. The number of para-hydroxylation sites is 2. The molecule has 3 heterocycles. The zero-order valence-electron chi connectivity index (χ0n) is 18.9. The number of rotatable bonds is 4. The molecule has 34 heavy (non-hydrogen) atoms. The largest absolute Gasteiger partial charge is 0.305 e. The van der Waals surface area contributed by atoms with Crippen LogP contribution in [0.3, 0.4) is 0 Å². The third kappa shape index (κ3) is 3.49. The Kier molecular flexibility index (Phi) is 5.15. The zero-order valence-corrected chi connectivity index (χ0v) is 18.9. The van der Waals surface area contributed by atoms with E-state index in [0.29, 0.717) is 28.0 Å². The Balaban J connectivity index is 1.64. The molecule has 0 saturated carbocycles. The zero-order chi connectivity index (χ0) is 23.8. The van der Waals surface area contributed by atoms with Crippen molar-refractivity contribution in [3.63, 3.8) is 0 Å². The van der Waals surface area contributed by atoms with Gasteiger partial charge >= 0.3 is 0 Å². The third-order valence-electron chi connectivity index (χ3n) is 5.85. The molecular formula is C26H21N7O. The molecule has 8 heteroatoms. The molecule has 5 rings (SSSR count).